The van der Waals surface area contributed by atoms with E-state index in [1.807, 2.05) is 0 Å². The lowest BCUT2D eigenvalue weighted by atomic mass is 10.2. The first-order valence-corrected chi connectivity index (χ1v) is 7.68. The molecular formula is C12H14NO5P. The Balaban J connectivity index is 2.83. The first kappa shape index (κ1) is 15.1. The van der Waals surface area contributed by atoms with Crippen LogP contribution in [0.25, 0.3) is 0 Å². The van der Waals surface area contributed by atoms with E-state index in [-0.39, 0.29) is 6.16 Å². The number of benzene rings is 1. The first-order chi connectivity index (χ1) is 8.79. The molecule has 0 heterocycles. The molecule has 19 heavy (non-hydrogen) atoms. The Bertz CT molecular complexity index is 546. The third-order valence-electron chi connectivity index (χ3n) is 2.15. The Kier molecular flexibility index (Phi) is 5.03. The monoisotopic (exact) mass is 283 g/mol. The highest BCUT2D eigenvalue weighted by Gasteiger charge is 2.15. The smallest absolute Gasteiger partial charge is 0.352 e. The molecule has 1 unspecified atom stereocenters. The number of hydrogen-bond donors (Lipinski definition) is 3. The summed E-state index contributed by atoms with van der Waals surface area (Å²) in [4.78, 5) is 31.8. The highest BCUT2D eigenvalue weighted by Crippen LogP contribution is 2.34. The van der Waals surface area contributed by atoms with Gasteiger partial charge < -0.3 is 15.3 Å². The molecule has 0 aromatic heterocycles. The maximum Gasteiger partial charge on any atom is 0.352 e. The zero-order valence-electron chi connectivity index (χ0n) is 10.2. The van der Waals surface area contributed by atoms with Crippen molar-refractivity contribution in [3.05, 3.63) is 47.7 Å². The Morgan fingerprint density at radius 3 is 2.37 bits per heavy atom. The number of carbonyl (C=O) groups is 2. The summed E-state index contributed by atoms with van der Waals surface area (Å²) in [6, 6.07) is 8.08. The number of allylic oxidation sites excluding steroid dienone is 1. The van der Waals surface area contributed by atoms with Gasteiger partial charge in [-0.1, -0.05) is 18.2 Å². The minimum Gasteiger partial charge on any atom is -0.477 e. The fourth-order valence-corrected chi connectivity index (χ4v) is 1.76. The van der Waals surface area contributed by atoms with Gasteiger partial charge in [-0.15, -0.1) is 0 Å². The summed E-state index contributed by atoms with van der Waals surface area (Å²) in [6.07, 6.45) is 0.716. The summed E-state index contributed by atoms with van der Waals surface area (Å²) in [5.41, 5.74) is -0.108. The molecule has 0 saturated carbocycles. The van der Waals surface area contributed by atoms with Crippen LogP contribution in [0.5, 0.6) is 0 Å². The highest BCUT2D eigenvalue weighted by molar-refractivity contribution is 7.57. The summed E-state index contributed by atoms with van der Waals surface area (Å²) in [6.45, 7) is 1.11. The molecule has 0 saturated heterocycles. The van der Waals surface area contributed by atoms with Crippen molar-refractivity contribution in [1.29, 1.82) is 0 Å². The van der Waals surface area contributed by atoms with Crippen LogP contribution in [0.3, 0.4) is 0 Å². The number of hydrogen-bond acceptors (Lipinski definition) is 3. The topological polar surface area (TPSA) is 104 Å². The lowest BCUT2D eigenvalue weighted by Crippen LogP contribution is -2.27. The Morgan fingerprint density at radius 2 is 1.89 bits per heavy atom. The lowest BCUT2D eigenvalue weighted by molar-refractivity contribution is -0.133. The van der Waals surface area contributed by atoms with Crippen molar-refractivity contribution in [1.82, 2.24) is 5.32 Å². The number of rotatable bonds is 5. The summed E-state index contributed by atoms with van der Waals surface area (Å²) >= 11 is 0. The number of nitrogens with one attached hydrogen (secondary N) is 1. The minimum absolute atomic E-state index is 0.304. The maximum absolute atomic E-state index is 11.7. The standard InChI is InChI=1S/C12H14NO5P/c1-19(17,18)8-7-10(12(15)16)13-11(14)9-5-3-2-4-6-9/h2-7H,8H2,1H3,(H,13,14)(H,15,16)(H,17,18)/b10-7-. The van der Waals surface area contributed by atoms with Crippen LogP contribution in [0.15, 0.2) is 42.1 Å². The van der Waals surface area contributed by atoms with Crippen LogP contribution in [0, 0.1) is 0 Å². The second kappa shape index (κ2) is 6.31. The van der Waals surface area contributed by atoms with Crippen LogP contribution in [0.1, 0.15) is 10.4 Å². The number of carbonyl (C=O) groups excluding carboxylic acids is 1. The van der Waals surface area contributed by atoms with Gasteiger partial charge in [-0.25, -0.2) is 4.79 Å². The molecule has 7 heteroatoms. The van der Waals surface area contributed by atoms with Crippen molar-refractivity contribution < 1.29 is 24.2 Å². The number of carboxylic acids is 1. The zero-order valence-corrected chi connectivity index (χ0v) is 11.1. The lowest BCUT2D eigenvalue weighted by Gasteiger charge is -2.07. The Morgan fingerprint density at radius 1 is 1.32 bits per heavy atom. The molecule has 1 aromatic rings. The van der Waals surface area contributed by atoms with E-state index in [0.717, 1.165) is 12.7 Å². The maximum atomic E-state index is 11.7. The van der Waals surface area contributed by atoms with E-state index < -0.39 is 24.9 Å². The van der Waals surface area contributed by atoms with Gasteiger partial charge in [0.25, 0.3) is 5.91 Å². The summed E-state index contributed by atoms with van der Waals surface area (Å²) in [7, 11) is -3.37. The van der Waals surface area contributed by atoms with Crippen molar-refractivity contribution >= 4 is 19.2 Å². The third kappa shape index (κ3) is 5.50. The van der Waals surface area contributed by atoms with E-state index in [2.05, 4.69) is 5.32 Å². The number of aliphatic carboxylic acids is 1. The van der Waals surface area contributed by atoms with Crippen LogP contribution in [-0.2, 0) is 9.36 Å². The molecule has 0 aliphatic carbocycles. The summed E-state index contributed by atoms with van der Waals surface area (Å²) in [5, 5.41) is 11.1. The second-order valence-electron chi connectivity index (χ2n) is 3.98. The second-order valence-corrected chi connectivity index (χ2v) is 6.44. The molecule has 102 valence electrons. The van der Waals surface area contributed by atoms with Crippen LogP contribution >= 0.6 is 7.37 Å². The Hall–Kier alpha value is -1.91. The van der Waals surface area contributed by atoms with Gasteiger partial charge in [0.15, 0.2) is 0 Å². The molecule has 0 fully saturated rings. The van der Waals surface area contributed by atoms with Gasteiger partial charge in [0.2, 0.25) is 7.37 Å². The molecule has 0 bridgehead atoms. The van der Waals surface area contributed by atoms with Crippen LogP contribution in [-0.4, -0.2) is 34.7 Å². The van der Waals surface area contributed by atoms with Gasteiger partial charge in [0, 0.05) is 18.4 Å². The van der Waals surface area contributed by atoms with Crippen molar-refractivity contribution in [3.63, 3.8) is 0 Å². The molecule has 1 rings (SSSR count). The summed E-state index contributed by atoms with van der Waals surface area (Å²) in [5.74, 6) is -1.95. The van der Waals surface area contributed by atoms with E-state index in [1.165, 1.54) is 12.1 Å². The van der Waals surface area contributed by atoms with Crippen molar-refractivity contribution in [2.24, 2.45) is 0 Å². The molecule has 3 N–H and O–H groups in total. The number of carboxylic acid groups (broad SMARTS) is 1. The molecule has 1 atom stereocenters. The molecule has 1 aromatic carbocycles. The Labute approximate surface area is 110 Å². The molecule has 1 amide bonds. The van der Waals surface area contributed by atoms with Crippen molar-refractivity contribution in [2.45, 2.75) is 0 Å². The summed E-state index contributed by atoms with van der Waals surface area (Å²) < 4.78 is 11.1. The molecule has 0 radical (unpaired) electrons. The van der Waals surface area contributed by atoms with Gasteiger partial charge in [0.05, 0.1) is 0 Å². The predicted molar refractivity (Wildman–Crippen MR) is 70.2 cm³/mol. The van der Waals surface area contributed by atoms with Gasteiger partial charge >= 0.3 is 5.97 Å². The molecule has 0 aliphatic heterocycles. The minimum atomic E-state index is -3.37. The average Bonchev–Trinajstić information content (AvgIpc) is 2.33. The fraction of sp³-hybridized carbons (Fsp3) is 0.167. The van der Waals surface area contributed by atoms with E-state index in [1.54, 1.807) is 18.2 Å². The van der Waals surface area contributed by atoms with E-state index in [9.17, 15) is 14.2 Å². The van der Waals surface area contributed by atoms with Crippen molar-refractivity contribution in [2.75, 3.05) is 12.8 Å². The van der Waals surface area contributed by atoms with Gasteiger partial charge in [-0.2, -0.15) is 0 Å². The SMILES string of the molecule is CP(=O)(O)C/C=C(\NC(=O)c1ccccc1)C(=O)O. The van der Waals surface area contributed by atoms with E-state index in [4.69, 9.17) is 10.00 Å². The van der Waals surface area contributed by atoms with Crippen LogP contribution < -0.4 is 5.32 Å². The quantitative estimate of drug-likeness (QED) is 0.558. The van der Waals surface area contributed by atoms with Gasteiger partial charge in [-0.05, 0) is 18.2 Å². The van der Waals surface area contributed by atoms with E-state index in [0.29, 0.717) is 5.56 Å². The van der Waals surface area contributed by atoms with Crippen LogP contribution in [0.2, 0.25) is 0 Å². The van der Waals surface area contributed by atoms with Crippen molar-refractivity contribution in [3.8, 4) is 0 Å². The molecule has 0 aliphatic rings. The first-order valence-electron chi connectivity index (χ1n) is 5.39. The largest absolute Gasteiger partial charge is 0.477 e. The average molecular weight is 283 g/mol. The van der Waals surface area contributed by atoms with Gasteiger partial charge in [-0.3, -0.25) is 9.36 Å². The predicted octanol–water partition coefficient (Wildman–Crippen LogP) is 1.29. The fourth-order valence-electron chi connectivity index (χ4n) is 1.24. The van der Waals surface area contributed by atoms with Gasteiger partial charge in [0.1, 0.15) is 5.70 Å². The van der Waals surface area contributed by atoms with E-state index >= 15 is 0 Å². The number of amides is 1. The normalized spacial score (nSPS) is 14.5. The molecular weight excluding hydrogens is 269 g/mol. The van der Waals surface area contributed by atoms with Crippen LogP contribution in [0.4, 0.5) is 0 Å². The highest BCUT2D eigenvalue weighted by atomic mass is 31.2. The molecule has 6 nitrogen and oxygen atoms in total. The zero-order chi connectivity index (χ0) is 14.5. The molecule has 0 spiro atoms. The third-order valence-corrected chi connectivity index (χ3v) is 3.01.